The first-order chi connectivity index (χ1) is 10.6. The van der Waals surface area contributed by atoms with E-state index in [1.54, 1.807) is 48.5 Å². The smallest absolute Gasteiger partial charge is 0.259 e. The lowest BCUT2D eigenvalue weighted by molar-refractivity contribution is 0.0962. The largest absolute Gasteiger partial charge is 0.387 e. The van der Waals surface area contributed by atoms with Gasteiger partial charge in [0.15, 0.2) is 0 Å². The van der Waals surface area contributed by atoms with Gasteiger partial charge in [0.1, 0.15) is 6.04 Å². The summed E-state index contributed by atoms with van der Waals surface area (Å²) in [4.78, 5) is 13.8. The number of benzene rings is 2. The molecule has 22 heavy (non-hydrogen) atoms. The molecule has 3 atom stereocenters. The Morgan fingerprint density at radius 3 is 2.45 bits per heavy atom. The number of alkyl halides is 1. The number of rotatable bonds is 1. The number of para-hydroxylation sites is 1. The topological polar surface area (TPSA) is 64.3 Å². The molecule has 1 heterocycles. The highest BCUT2D eigenvalue weighted by Gasteiger charge is 2.42. The zero-order chi connectivity index (χ0) is 15.7. The number of anilines is 1. The van der Waals surface area contributed by atoms with E-state index in [2.05, 4.69) is 22.0 Å². The van der Waals surface area contributed by atoms with E-state index in [4.69, 9.17) is 0 Å². The van der Waals surface area contributed by atoms with E-state index in [-0.39, 0.29) is 5.91 Å². The van der Waals surface area contributed by atoms with Gasteiger partial charge >= 0.3 is 0 Å². The number of hydrogen-bond donors (Lipinski definition) is 1. The van der Waals surface area contributed by atoms with Crippen LogP contribution in [-0.4, -0.2) is 21.9 Å². The van der Waals surface area contributed by atoms with E-state index in [1.165, 1.54) is 4.90 Å². The average Bonchev–Trinajstić information content (AvgIpc) is 2.58. The van der Waals surface area contributed by atoms with E-state index in [9.17, 15) is 15.2 Å². The molecule has 4 nitrogen and oxygen atoms in total. The first kappa shape index (κ1) is 14.8. The Kier molecular flexibility index (Phi) is 3.97. The summed E-state index contributed by atoms with van der Waals surface area (Å²) in [6, 6.07) is 17.3. The van der Waals surface area contributed by atoms with Gasteiger partial charge < -0.3 is 5.11 Å². The normalized spacial score (nSPS) is 23.5. The fourth-order valence-corrected chi connectivity index (χ4v) is 3.32. The molecule has 5 heteroatoms. The minimum absolute atomic E-state index is 0.254. The minimum atomic E-state index is -0.833. The highest BCUT2D eigenvalue weighted by atomic mass is 79.9. The van der Waals surface area contributed by atoms with Gasteiger partial charge in [-0.05, 0) is 18.2 Å². The molecular weight excluding hydrogens is 344 g/mol. The van der Waals surface area contributed by atoms with Crippen LogP contribution < -0.4 is 4.90 Å². The van der Waals surface area contributed by atoms with Gasteiger partial charge in [0, 0.05) is 11.1 Å². The summed E-state index contributed by atoms with van der Waals surface area (Å²) in [7, 11) is 0. The number of halogens is 1. The van der Waals surface area contributed by atoms with Crippen LogP contribution in [0.3, 0.4) is 0 Å². The van der Waals surface area contributed by atoms with Crippen molar-refractivity contribution < 1.29 is 9.90 Å². The maximum atomic E-state index is 12.9. The molecule has 0 unspecified atom stereocenters. The fraction of sp³-hybridized carbons (Fsp3) is 0.176. The number of nitrogens with zero attached hydrogens (tertiary/aromatic N) is 2. The number of aliphatic hydroxyl groups is 1. The summed E-state index contributed by atoms with van der Waals surface area (Å²) in [5, 5.41) is 19.9. The zero-order valence-electron chi connectivity index (χ0n) is 11.6. The lowest BCUT2D eigenvalue weighted by Crippen LogP contribution is -2.50. The van der Waals surface area contributed by atoms with E-state index in [0.717, 1.165) is 0 Å². The third kappa shape index (κ3) is 2.31. The predicted molar refractivity (Wildman–Crippen MR) is 86.8 cm³/mol. The Bertz CT molecular complexity index is 742. The SMILES string of the molecule is N#C[C@H]1[C@H](Br)[C@@H](O)c2ccccc2N1C(=O)c1ccccc1. The third-order valence-electron chi connectivity index (χ3n) is 3.77. The molecule has 0 bridgehead atoms. The molecule has 0 aliphatic carbocycles. The molecule has 2 aromatic carbocycles. The number of carbonyl (C=O) groups is 1. The molecule has 1 amide bonds. The van der Waals surface area contributed by atoms with E-state index in [0.29, 0.717) is 16.8 Å². The average molecular weight is 357 g/mol. The van der Waals surface area contributed by atoms with Gasteiger partial charge in [-0.3, -0.25) is 9.69 Å². The first-order valence-corrected chi connectivity index (χ1v) is 7.76. The van der Waals surface area contributed by atoms with Crippen LogP contribution in [0.5, 0.6) is 0 Å². The van der Waals surface area contributed by atoms with Crippen molar-refractivity contribution in [2.24, 2.45) is 0 Å². The molecule has 110 valence electrons. The van der Waals surface area contributed by atoms with Gasteiger partial charge in [-0.1, -0.05) is 52.3 Å². The Labute approximate surface area is 136 Å². The summed E-state index contributed by atoms with van der Waals surface area (Å²) in [5.74, 6) is -0.254. The van der Waals surface area contributed by atoms with Gasteiger partial charge in [0.25, 0.3) is 5.91 Å². The Morgan fingerprint density at radius 1 is 1.14 bits per heavy atom. The summed E-state index contributed by atoms with van der Waals surface area (Å²) in [5.41, 5.74) is 1.72. The van der Waals surface area contributed by atoms with Crippen molar-refractivity contribution in [1.29, 1.82) is 5.26 Å². The molecule has 0 saturated heterocycles. The summed E-state index contributed by atoms with van der Waals surface area (Å²) in [6.45, 7) is 0. The molecule has 0 radical (unpaired) electrons. The molecule has 2 aromatic rings. The van der Waals surface area contributed by atoms with E-state index < -0.39 is 17.0 Å². The summed E-state index contributed by atoms with van der Waals surface area (Å²) in [6.07, 6.45) is -0.833. The number of nitriles is 1. The molecule has 0 spiro atoms. The predicted octanol–water partition coefficient (Wildman–Crippen LogP) is 3.04. The molecule has 0 saturated carbocycles. The van der Waals surface area contributed by atoms with Crippen LogP contribution in [0.15, 0.2) is 54.6 Å². The molecule has 1 N–H and O–H groups in total. The van der Waals surface area contributed by atoms with Crippen molar-refractivity contribution >= 4 is 27.5 Å². The summed E-state index contributed by atoms with van der Waals surface area (Å²) < 4.78 is 0. The van der Waals surface area contributed by atoms with Crippen molar-refractivity contribution in [2.75, 3.05) is 4.90 Å². The standard InChI is InChI=1S/C17H13BrN2O2/c18-15-14(10-19)20(17(22)11-6-2-1-3-7-11)13-9-5-4-8-12(13)16(15)21/h1-9,14-16,21H/t14-,15-,16-/m0/s1. The second kappa shape index (κ2) is 5.91. The maximum absolute atomic E-state index is 12.9. The second-order valence-electron chi connectivity index (χ2n) is 5.06. The van der Waals surface area contributed by atoms with Crippen LogP contribution >= 0.6 is 15.9 Å². The summed E-state index contributed by atoms with van der Waals surface area (Å²) >= 11 is 3.37. The monoisotopic (exact) mass is 356 g/mol. The zero-order valence-corrected chi connectivity index (χ0v) is 13.1. The highest BCUT2D eigenvalue weighted by molar-refractivity contribution is 9.09. The van der Waals surface area contributed by atoms with Gasteiger partial charge in [-0.2, -0.15) is 5.26 Å². The minimum Gasteiger partial charge on any atom is -0.387 e. The van der Waals surface area contributed by atoms with Crippen molar-refractivity contribution in [1.82, 2.24) is 0 Å². The molecule has 0 aromatic heterocycles. The third-order valence-corrected chi connectivity index (χ3v) is 4.77. The lowest BCUT2D eigenvalue weighted by Gasteiger charge is -2.39. The van der Waals surface area contributed by atoms with Gasteiger partial charge in [-0.25, -0.2) is 0 Å². The number of fused-ring (bicyclic) bond motifs is 1. The molecule has 0 fully saturated rings. The Morgan fingerprint density at radius 2 is 1.77 bits per heavy atom. The Balaban J connectivity index is 2.14. The number of hydrogen-bond acceptors (Lipinski definition) is 3. The lowest BCUT2D eigenvalue weighted by atomic mass is 9.93. The molecule has 1 aliphatic heterocycles. The molecular formula is C17H13BrN2O2. The van der Waals surface area contributed by atoms with Crippen LogP contribution in [-0.2, 0) is 0 Å². The quantitative estimate of drug-likeness (QED) is 0.798. The van der Waals surface area contributed by atoms with Gasteiger partial charge in [0.05, 0.1) is 22.7 Å². The Hall–Kier alpha value is -2.16. The van der Waals surface area contributed by atoms with Crippen molar-refractivity contribution in [3.63, 3.8) is 0 Å². The highest BCUT2D eigenvalue weighted by Crippen LogP contribution is 2.40. The van der Waals surface area contributed by atoms with Crippen LogP contribution in [0.1, 0.15) is 22.0 Å². The van der Waals surface area contributed by atoms with Crippen LogP contribution in [0.4, 0.5) is 5.69 Å². The van der Waals surface area contributed by atoms with Crippen LogP contribution in [0.2, 0.25) is 0 Å². The fourth-order valence-electron chi connectivity index (χ4n) is 2.68. The van der Waals surface area contributed by atoms with Crippen molar-refractivity contribution in [3.05, 3.63) is 65.7 Å². The second-order valence-corrected chi connectivity index (χ2v) is 6.12. The van der Waals surface area contributed by atoms with E-state index in [1.807, 2.05) is 6.07 Å². The van der Waals surface area contributed by atoms with E-state index >= 15 is 0 Å². The van der Waals surface area contributed by atoms with Gasteiger partial charge in [-0.15, -0.1) is 0 Å². The molecule has 3 rings (SSSR count). The number of amides is 1. The van der Waals surface area contributed by atoms with Crippen LogP contribution in [0.25, 0.3) is 0 Å². The first-order valence-electron chi connectivity index (χ1n) is 6.84. The molecule has 1 aliphatic rings. The van der Waals surface area contributed by atoms with Crippen molar-refractivity contribution in [2.45, 2.75) is 17.0 Å². The van der Waals surface area contributed by atoms with Crippen molar-refractivity contribution in [3.8, 4) is 6.07 Å². The number of aliphatic hydroxyl groups excluding tert-OH is 1. The van der Waals surface area contributed by atoms with Gasteiger partial charge in [0.2, 0.25) is 0 Å². The number of carbonyl (C=O) groups excluding carboxylic acids is 1. The maximum Gasteiger partial charge on any atom is 0.259 e. The van der Waals surface area contributed by atoms with Crippen LogP contribution in [0, 0.1) is 11.3 Å².